The van der Waals surface area contributed by atoms with E-state index >= 15 is 0 Å². The molecule has 0 heterocycles. The van der Waals surface area contributed by atoms with Crippen LogP contribution < -0.4 is 14.8 Å². The lowest BCUT2D eigenvalue weighted by atomic mass is 9.70. The third kappa shape index (κ3) is 2.21. The van der Waals surface area contributed by atoms with E-state index in [2.05, 4.69) is 5.32 Å². The Bertz CT molecular complexity index is 667. The maximum atomic E-state index is 12.9. The zero-order chi connectivity index (χ0) is 16.8. The number of hydrogen-bond donors (Lipinski definition) is 1. The molecule has 2 bridgehead atoms. The molecule has 1 N–H and O–H groups in total. The molecule has 5 heteroatoms. The summed E-state index contributed by atoms with van der Waals surface area (Å²) in [4.78, 5) is 25.7. The first-order valence-electron chi connectivity index (χ1n) is 7.93. The second-order valence-electron chi connectivity index (χ2n) is 7.09. The number of benzene rings is 1. The van der Waals surface area contributed by atoms with Crippen LogP contribution in [-0.4, -0.2) is 25.9 Å². The molecule has 124 valence electrons. The van der Waals surface area contributed by atoms with E-state index in [-0.39, 0.29) is 11.7 Å². The van der Waals surface area contributed by atoms with E-state index in [9.17, 15) is 9.59 Å². The SMILES string of the molecule is COc1ccc(OC)c(NC(=O)C23CCC(C2)C(C)(C)C3=O)c1. The molecule has 3 rings (SSSR count). The van der Waals surface area contributed by atoms with Crippen LogP contribution >= 0.6 is 0 Å². The van der Waals surface area contributed by atoms with Crippen LogP contribution in [0.2, 0.25) is 0 Å². The number of nitrogens with one attached hydrogen (secondary N) is 1. The first-order valence-corrected chi connectivity index (χ1v) is 7.93. The lowest BCUT2D eigenvalue weighted by Crippen LogP contribution is -2.44. The quantitative estimate of drug-likeness (QED) is 0.867. The number of amides is 1. The Hall–Kier alpha value is -2.04. The zero-order valence-electron chi connectivity index (χ0n) is 14.1. The smallest absolute Gasteiger partial charge is 0.238 e. The van der Waals surface area contributed by atoms with Crippen LogP contribution in [0.1, 0.15) is 33.1 Å². The number of ketones is 1. The molecule has 2 atom stereocenters. The minimum atomic E-state index is -0.887. The maximum Gasteiger partial charge on any atom is 0.238 e. The van der Waals surface area contributed by atoms with Crippen LogP contribution in [0.3, 0.4) is 0 Å². The summed E-state index contributed by atoms with van der Waals surface area (Å²) >= 11 is 0. The third-order valence-electron chi connectivity index (χ3n) is 5.64. The van der Waals surface area contributed by atoms with Gasteiger partial charge in [-0.2, -0.15) is 0 Å². The predicted octanol–water partition coefficient (Wildman–Crippen LogP) is 3.04. The van der Waals surface area contributed by atoms with Gasteiger partial charge in [-0.15, -0.1) is 0 Å². The zero-order valence-corrected chi connectivity index (χ0v) is 14.1. The molecule has 2 saturated carbocycles. The number of carbonyl (C=O) groups is 2. The summed E-state index contributed by atoms with van der Waals surface area (Å²) in [6.45, 7) is 3.92. The maximum absolute atomic E-state index is 12.9. The Morgan fingerprint density at radius 1 is 1.26 bits per heavy atom. The molecule has 23 heavy (non-hydrogen) atoms. The van der Waals surface area contributed by atoms with Gasteiger partial charge in [0.1, 0.15) is 16.9 Å². The summed E-state index contributed by atoms with van der Waals surface area (Å²) in [6.07, 6.45) is 2.22. The Morgan fingerprint density at radius 2 is 2.00 bits per heavy atom. The highest BCUT2D eigenvalue weighted by atomic mass is 16.5. The molecular weight excluding hydrogens is 294 g/mol. The molecule has 0 aliphatic heterocycles. The molecule has 1 aromatic rings. The van der Waals surface area contributed by atoms with Crippen molar-refractivity contribution in [3.05, 3.63) is 18.2 Å². The van der Waals surface area contributed by atoms with Crippen LogP contribution in [0, 0.1) is 16.7 Å². The van der Waals surface area contributed by atoms with Crippen molar-refractivity contribution < 1.29 is 19.1 Å². The van der Waals surface area contributed by atoms with E-state index in [1.54, 1.807) is 32.4 Å². The Balaban J connectivity index is 1.90. The summed E-state index contributed by atoms with van der Waals surface area (Å²) in [7, 11) is 3.11. The first-order chi connectivity index (χ1) is 10.8. The number of ether oxygens (including phenoxy) is 2. The number of rotatable bonds is 4. The highest BCUT2D eigenvalue weighted by molar-refractivity contribution is 6.15. The topological polar surface area (TPSA) is 64.6 Å². The van der Waals surface area contributed by atoms with Crippen molar-refractivity contribution in [3.63, 3.8) is 0 Å². The van der Waals surface area contributed by atoms with Crippen molar-refractivity contribution in [2.75, 3.05) is 19.5 Å². The van der Waals surface area contributed by atoms with Gasteiger partial charge in [0.25, 0.3) is 0 Å². The minimum Gasteiger partial charge on any atom is -0.497 e. The van der Waals surface area contributed by atoms with Crippen LogP contribution in [0.4, 0.5) is 5.69 Å². The molecular formula is C18H23NO4. The van der Waals surface area contributed by atoms with Gasteiger partial charge in [0.15, 0.2) is 5.78 Å². The molecule has 1 aromatic carbocycles. The van der Waals surface area contributed by atoms with E-state index in [0.29, 0.717) is 35.9 Å². The lowest BCUT2D eigenvalue weighted by molar-refractivity contribution is -0.142. The number of carbonyl (C=O) groups excluding carboxylic acids is 2. The van der Waals surface area contributed by atoms with Crippen molar-refractivity contribution >= 4 is 17.4 Å². The molecule has 2 fully saturated rings. The normalized spacial score (nSPS) is 27.8. The first kappa shape index (κ1) is 15.8. The van der Waals surface area contributed by atoms with Gasteiger partial charge in [0, 0.05) is 11.5 Å². The number of Topliss-reactive ketones (excluding diaryl/α,β-unsaturated/α-hetero) is 1. The summed E-state index contributed by atoms with van der Waals surface area (Å²) in [6, 6.07) is 5.22. The van der Waals surface area contributed by atoms with E-state index in [0.717, 1.165) is 6.42 Å². The number of hydrogen-bond acceptors (Lipinski definition) is 4. The number of fused-ring (bicyclic) bond motifs is 2. The van der Waals surface area contributed by atoms with Crippen LogP contribution in [0.25, 0.3) is 0 Å². The van der Waals surface area contributed by atoms with Gasteiger partial charge in [-0.25, -0.2) is 0 Å². The van der Waals surface area contributed by atoms with Gasteiger partial charge in [-0.3, -0.25) is 9.59 Å². The molecule has 0 spiro atoms. The fraction of sp³-hybridized carbons (Fsp3) is 0.556. The van der Waals surface area contributed by atoms with Crippen LogP contribution in [0.5, 0.6) is 11.5 Å². The summed E-state index contributed by atoms with van der Waals surface area (Å²) in [5.74, 6) is 1.33. The minimum absolute atomic E-state index is 0.0700. The van der Waals surface area contributed by atoms with E-state index in [1.165, 1.54) is 0 Å². The van der Waals surface area contributed by atoms with Gasteiger partial charge >= 0.3 is 0 Å². The largest absolute Gasteiger partial charge is 0.497 e. The van der Waals surface area contributed by atoms with E-state index in [4.69, 9.17) is 9.47 Å². The van der Waals surface area contributed by atoms with Crippen molar-refractivity contribution in [1.82, 2.24) is 0 Å². The summed E-state index contributed by atoms with van der Waals surface area (Å²) in [5, 5.41) is 2.90. The lowest BCUT2D eigenvalue weighted by Gasteiger charge is -2.32. The number of methoxy groups -OCH3 is 2. The van der Waals surface area contributed by atoms with Crippen molar-refractivity contribution in [3.8, 4) is 11.5 Å². The molecule has 2 aliphatic carbocycles. The third-order valence-corrected chi connectivity index (χ3v) is 5.64. The molecule has 2 unspecified atom stereocenters. The molecule has 0 aromatic heterocycles. The highest BCUT2D eigenvalue weighted by Gasteiger charge is 2.65. The van der Waals surface area contributed by atoms with Crippen LogP contribution in [-0.2, 0) is 9.59 Å². The van der Waals surface area contributed by atoms with E-state index < -0.39 is 10.8 Å². The van der Waals surface area contributed by atoms with Crippen molar-refractivity contribution in [2.45, 2.75) is 33.1 Å². The second kappa shape index (κ2) is 5.25. The van der Waals surface area contributed by atoms with Gasteiger partial charge in [0.2, 0.25) is 5.91 Å². The Labute approximate surface area is 136 Å². The fourth-order valence-corrected chi connectivity index (χ4v) is 4.13. The monoisotopic (exact) mass is 317 g/mol. The van der Waals surface area contributed by atoms with Gasteiger partial charge in [-0.1, -0.05) is 13.8 Å². The molecule has 5 nitrogen and oxygen atoms in total. The average Bonchev–Trinajstić information content (AvgIpc) is 3.07. The van der Waals surface area contributed by atoms with Crippen molar-refractivity contribution in [1.29, 1.82) is 0 Å². The molecule has 1 amide bonds. The van der Waals surface area contributed by atoms with Crippen molar-refractivity contribution in [2.24, 2.45) is 16.7 Å². The predicted molar refractivity (Wildman–Crippen MR) is 86.7 cm³/mol. The standard InChI is InChI=1S/C18H23NO4/c1-17(2)11-7-8-18(10-11,15(17)20)16(21)19-13-9-12(22-3)5-6-14(13)23-4/h5-6,9,11H,7-8,10H2,1-4H3,(H,19,21). The van der Waals surface area contributed by atoms with Gasteiger partial charge < -0.3 is 14.8 Å². The highest BCUT2D eigenvalue weighted by Crippen LogP contribution is 2.60. The summed E-state index contributed by atoms with van der Waals surface area (Å²) in [5.41, 5.74) is -0.761. The second-order valence-corrected chi connectivity index (χ2v) is 7.09. The van der Waals surface area contributed by atoms with Gasteiger partial charge in [-0.05, 0) is 37.3 Å². The fourth-order valence-electron chi connectivity index (χ4n) is 4.13. The van der Waals surface area contributed by atoms with Crippen LogP contribution in [0.15, 0.2) is 18.2 Å². The Kier molecular flexibility index (Phi) is 3.62. The molecule has 2 aliphatic rings. The number of anilines is 1. The van der Waals surface area contributed by atoms with Gasteiger partial charge in [0.05, 0.1) is 19.9 Å². The Morgan fingerprint density at radius 3 is 2.57 bits per heavy atom. The average molecular weight is 317 g/mol. The summed E-state index contributed by atoms with van der Waals surface area (Å²) < 4.78 is 10.5. The molecule has 0 radical (unpaired) electrons. The van der Waals surface area contributed by atoms with E-state index in [1.807, 2.05) is 13.8 Å². The molecule has 0 saturated heterocycles.